The van der Waals surface area contributed by atoms with Crippen molar-refractivity contribution in [3.05, 3.63) is 61.2 Å². The fourth-order valence-electron chi connectivity index (χ4n) is 2.80. The van der Waals surface area contributed by atoms with Gasteiger partial charge in [-0.1, -0.05) is 36.4 Å². The van der Waals surface area contributed by atoms with E-state index in [0.717, 1.165) is 11.3 Å². The van der Waals surface area contributed by atoms with Crippen molar-refractivity contribution in [1.82, 2.24) is 9.97 Å². The molecule has 0 bridgehead atoms. The second kappa shape index (κ2) is 9.45. The van der Waals surface area contributed by atoms with E-state index in [1.165, 1.54) is 0 Å². The summed E-state index contributed by atoms with van der Waals surface area (Å²) in [5, 5.41) is 6.51. The fraction of sp³-hybridized carbons (Fsp3) is 0.182. The quantitative estimate of drug-likeness (QED) is 0.519. The molecular weight excluding hydrogens is 368 g/mol. The third-order valence-electron chi connectivity index (χ3n) is 4.12. The van der Waals surface area contributed by atoms with Crippen LogP contribution in [0.15, 0.2) is 61.2 Å². The zero-order chi connectivity index (χ0) is 20.6. The van der Waals surface area contributed by atoms with Crippen LogP contribution in [0.2, 0.25) is 0 Å². The van der Waals surface area contributed by atoms with E-state index >= 15 is 0 Å². The van der Waals surface area contributed by atoms with Crippen molar-refractivity contribution < 1.29 is 14.2 Å². The van der Waals surface area contributed by atoms with Gasteiger partial charge in [0, 0.05) is 36.0 Å². The Bertz CT molecular complexity index is 952. The number of anilines is 3. The standard InChI is InChI=1S/C22H24N4O3/c1-5-11-23-19-14-20(26-22(25-19)15-9-7-6-8-10-15)24-16-12-17(27-2)21(29-4)18(13-16)28-3/h5-10,12-14H,1,11H2,2-4H3,(H2,23,24,25,26). The minimum absolute atomic E-state index is 0.529. The maximum absolute atomic E-state index is 5.43. The van der Waals surface area contributed by atoms with E-state index in [9.17, 15) is 0 Å². The Kier molecular flexibility index (Phi) is 6.52. The highest BCUT2D eigenvalue weighted by molar-refractivity contribution is 5.69. The first-order valence-electron chi connectivity index (χ1n) is 9.04. The summed E-state index contributed by atoms with van der Waals surface area (Å²) < 4.78 is 16.2. The first-order valence-corrected chi connectivity index (χ1v) is 9.04. The molecule has 150 valence electrons. The highest BCUT2D eigenvalue weighted by Gasteiger charge is 2.14. The topological polar surface area (TPSA) is 77.5 Å². The molecule has 0 aliphatic rings. The highest BCUT2D eigenvalue weighted by atomic mass is 16.5. The number of ether oxygens (including phenoxy) is 3. The molecule has 0 saturated heterocycles. The number of hydrogen-bond donors (Lipinski definition) is 2. The molecule has 2 N–H and O–H groups in total. The molecule has 0 atom stereocenters. The largest absolute Gasteiger partial charge is 0.493 e. The van der Waals surface area contributed by atoms with Crippen LogP contribution in [0.3, 0.4) is 0 Å². The van der Waals surface area contributed by atoms with Crippen molar-refractivity contribution in [2.75, 3.05) is 38.5 Å². The molecule has 0 aliphatic heterocycles. The molecule has 0 fully saturated rings. The van der Waals surface area contributed by atoms with Gasteiger partial charge in [-0.05, 0) is 0 Å². The van der Waals surface area contributed by atoms with Crippen molar-refractivity contribution >= 4 is 17.3 Å². The fourth-order valence-corrected chi connectivity index (χ4v) is 2.80. The smallest absolute Gasteiger partial charge is 0.203 e. The third-order valence-corrected chi connectivity index (χ3v) is 4.12. The maximum atomic E-state index is 5.43. The van der Waals surface area contributed by atoms with E-state index in [1.807, 2.05) is 48.5 Å². The average Bonchev–Trinajstić information content (AvgIpc) is 2.77. The van der Waals surface area contributed by atoms with Crippen LogP contribution in [-0.4, -0.2) is 37.8 Å². The van der Waals surface area contributed by atoms with E-state index in [4.69, 9.17) is 14.2 Å². The van der Waals surface area contributed by atoms with E-state index in [2.05, 4.69) is 27.2 Å². The van der Waals surface area contributed by atoms with Crippen molar-refractivity contribution in [3.8, 4) is 28.6 Å². The molecule has 7 heteroatoms. The van der Waals surface area contributed by atoms with Gasteiger partial charge in [0.25, 0.3) is 0 Å². The molecule has 0 amide bonds. The number of methoxy groups -OCH3 is 3. The third kappa shape index (κ3) is 4.76. The lowest BCUT2D eigenvalue weighted by Gasteiger charge is -2.15. The Labute approximate surface area is 170 Å². The molecule has 29 heavy (non-hydrogen) atoms. The zero-order valence-corrected chi connectivity index (χ0v) is 16.7. The number of hydrogen-bond acceptors (Lipinski definition) is 7. The predicted octanol–water partition coefficient (Wildman–Crippen LogP) is 4.51. The van der Waals surface area contributed by atoms with Gasteiger partial charge in [0.05, 0.1) is 21.3 Å². The maximum Gasteiger partial charge on any atom is 0.203 e. The lowest BCUT2D eigenvalue weighted by molar-refractivity contribution is 0.324. The van der Waals surface area contributed by atoms with Gasteiger partial charge in [-0.3, -0.25) is 0 Å². The molecule has 0 unspecified atom stereocenters. The minimum atomic E-state index is 0.529. The Morgan fingerprint density at radius 3 is 2.14 bits per heavy atom. The summed E-state index contributed by atoms with van der Waals surface area (Å²) in [6.45, 7) is 4.33. The van der Waals surface area contributed by atoms with Gasteiger partial charge in [-0.25, -0.2) is 9.97 Å². The molecule has 1 heterocycles. The van der Waals surface area contributed by atoms with Crippen LogP contribution < -0.4 is 24.8 Å². The average molecular weight is 392 g/mol. The second-order valence-electron chi connectivity index (χ2n) is 6.04. The summed E-state index contributed by atoms with van der Waals surface area (Å²) >= 11 is 0. The molecule has 1 aromatic heterocycles. The molecule has 2 aromatic carbocycles. The second-order valence-corrected chi connectivity index (χ2v) is 6.04. The van der Waals surface area contributed by atoms with Crippen LogP contribution in [-0.2, 0) is 0 Å². The van der Waals surface area contributed by atoms with Gasteiger partial charge in [0.1, 0.15) is 11.6 Å². The number of nitrogens with one attached hydrogen (secondary N) is 2. The number of benzene rings is 2. The molecule has 3 rings (SSSR count). The van der Waals surface area contributed by atoms with Crippen molar-refractivity contribution in [1.29, 1.82) is 0 Å². The van der Waals surface area contributed by atoms with Gasteiger partial charge in [0.2, 0.25) is 5.75 Å². The van der Waals surface area contributed by atoms with Crippen LogP contribution in [0.1, 0.15) is 0 Å². The van der Waals surface area contributed by atoms with Gasteiger partial charge < -0.3 is 24.8 Å². The summed E-state index contributed by atoms with van der Waals surface area (Å²) in [6.07, 6.45) is 1.77. The molecule has 0 radical (unpaired) electrons. The summed E-state index contributed by atoms with van der Waals surface area (Å²) in [5.41, 5.74) is 1.66. The van der Waals surface area contributed by atoms with Crippen LogP contribution in [0.4, 0.5) is 17.3 Å². The summed E-state index contributed by atoms with van der Waals surface area (Å²) in [5.74, 6) is 3.55. The lowest BCUT2D eigenvalue weighted by atomic mass is 10.2. The number of rotatable bonds is 9. The van der Waals surface area contributed by atoms with Gasteiger partial charge in [-0.2, -0.15) is 0 Å². The first kappa shape index (κ1) is 20.0. The Morgan fingerprint density at radius 1 is 0.897 bits per heavy atom. The number of nitrogens with zero attached hydrogens (tertiary/aromatic N) is 2. The molecule has 0 spiro atoms. The van der Waals surface area contributed by atoms with Crippen molar-refractivity contribution in [3.63, 3.8) is 0 Å². The Morgan fingerprint density at radius 2 is 1.55 bits per heavy atom. The van der Waals surface area contributed by atoms with Crippen LogP contribution in [0, 0.1) is 0 Å². The van der Waals surface area contributed by atoms with Crippen LogP contribution in [0.25, 0.3) is 11.4 Å². The van der Waals surface area contributed by atoms with E-state index in [0.29, 0.717) is 41.3 Å². The van der Waals surface area contributed by atoms with Gasteiger partial charge in [-0.15, -0.1) is 6.58 Å². The van der Waals surface area contributed by atoms with Gasteiger partial charge >= 0.3 is 0 Å². The van der Waals surface area contributed by atoms with Crippen LogP contribution in [0.5, 0.6) is 17.2 Å². The molecule has 0 aliphatic carbocycles. The lowest BCUT2D eigenvalue weighted by Crippen LogP contribution is -2.05. The zero-order valence-electron chi connectivity index (χ0n) is 16.7. The molecular formula is C22H24N4O3. The van der Waals surface area contributed by atoms with Crippen molar-refractivity contribution in [2.45, 2.75) is 0 Å². The van der Waals surface area contributed by atoms with Gasteiger partial charge in [0.15, 0.2) is 17.3 Å². The predicted molar refractivity (Wildman–Crippen MR) is 116 cm³/mol. The molecule has 7 nitrogen and oxygen atoms in total. The van der Waals surface area contributed by atoms with E-state index in [1.54, 1.807) is 27.4 Å². The normalized spacial score (nSPS) is 10.2. The minimum Gasteiger partial charge on any atom is -0.493 e. The SMILES string of the molecule is C=CCNc1cc(Nc2cc(OC)c(OC)c(OC)c2)nc(-c2ccccc2)n1. The van der Waals surface area contributed by atoms with Crippen molar-refractivity contribution in [2.24, 2.45) is 0 Å². The summed E-state index contributed by atoms with van der Waals surface area (Å²) in [4.78, 5) is 9.26. The monoisotopic (exact) mass is 392 g/mol. The molecule has 0 saturated carbocycles. The summed E-state index contributed by atoms with van der Waals surface area (Å²) in [6, 6.07) is 15.3. The van der Waals surface area contributed by atoms with E-state index < -0.39 is 0 Å². The van der Waals surface area contributed by atoms with E-state index in [-0.39, 0.29) is 0 Å². The Balaban J connectivity index is 2.00. The molecule has 3 aromatic rings. The Hall–Kier alpha value is -3.74. The van der Waals surface area contributed by atoms with Crippen LogP contribution >= 0.6 is 0 Å². The summed E-state index contributed by atoms with van der Waals surface area (Å²) in [7, 11) is 4.73. The highest BCUT2D eigenvalue weighted by Crippen LogP contribution is 2.40. The number of aromatic nitrogens is 2. The first-order chi connectivity index (χ1) is 14.2.